The lowest BCUT2D eigenvalue weighted by Crippen LogP contribution is -2.54. The predicted octanol–water partition coefficient (Wildman–Crippen LogP) is 1.89. The van der Waals surface area contributed by atoms with Crippen LogP contribution in [0.15, 0.2) is 12.4 Å². The Labute approximate surface area is 91.3 Å². The van der Waals surface area contributed by atoms with E-state index in [0.29, 0.717) is 12.0 Å². The number of nitrogens with zero attached hydrogens (tertiary/aromatic N) is 2. The fourth-order valence-corrected chi connectivity index (χ4v) is 2.64. The first kappa shape index (κ1) is 10.6. The van der Waals surface area contributed by atoms with E-state index < -0.39 is 0 Å². The number of rotatable bonds is 2. The van der Waals surface area contributed by atoms with Crippen LogP contribution in [0.3, 0.4) is 0 Å². The topological polar surface area (TPSA) is 37.8 Å². The minimum atomic E-state index is 0.287. The van der Waals surface area contributed by atoms with Crippen LogP contribution >= 0.6 is 0 Å². The van der Waals surface area contributed by atoms with E-state index in [0.717, 1.165) is 5.69 Å². The minimum Gasteiger partial charge on any atom is -0.316 e. The van der Waals surface area contributed by atoms with E-state index in [2.05, 4.69) is 29.1 Å². The Bertz CT molecular complexity index is 360. The molecule has 1 aromatic rings. The van der Waals surface area contributed by atoms with Crippen LogP contribution in [-0.2, 0) is 0 Å². The van der Waals surface area contributed by atoms with Crippen molar-refractivity contribution in [2.75, 3.05) is 7.05 Å². The molecule has 0 bridgehead atoms. The first-order chi connectivity index (χ1) is 7.07. The summed E-state index contributed by atoms with van der Waals surface area (Å²) in [5, 5.41) is 3.36. The van der Waals surface area contributed by atoms with Crippen LogP contribution in [0.25, 0.3) is 0 Å². The Morgan fingerprint density at radius 2 is 2.00 bits per heavy atom. The molecule has 15 heavy (non-hydrogen) atoms. The van der Waals surface area contributed by atoms with Crippen molar-refractivity contribution in [1.29, 1.82) is 0 Å². The third-order valence-electron chi connectivity index (χ3n) is 3.87. The van der Waals surface area contributed by atoms with Gasteiger partial charge >= 0.3 is 0 Å². The van der Waals surface area contributed by atoms with Crippen molar-refractivity contribution in [2.24, 2.45) is 5.41 Å². The van der Waals surface area contributed by atoms with Gasteiger partial charge in [-0.3, -0.25) is 9.97 Å². The van der Waals surface area contributed by atoms with Crippen LogP contribution in [0.2, 0.25) is 0 Å². The molecule has 3 nitrogen and oxygen atoms in total. The number of aryl methyl sites for hydroxylation is 1. The summed E-state index contributed by atoms with van der Waals surface area (Å²) in [6.07, 6.45) is 4.73. The summed E-state index contributed by atoms with van der Waals surface area (Å²) in [5.74, 6) is 0.545. The molecule has 82 valence electrons. The maximum atomic E-state index is 4.47. The van der Waals surface area contributed by atoms with E-state index in [-0.39, 0.29) is 5.41 Å². The second kappa shape index (κ2) is 3.56. The van der Waals surface area contributed by atoms with Crippen LogP contribution in [0.1, 0.15) is 37.6 Å². The average Bonchev–Trinajstić information content (AvgIpc) is 2.20. The molecule has 2 unspecified atom stereocenters. The normalized spacial score (nSPS) is 28.5. The van der Waals surface area contributed by atoms with Gasteiger partial charge in [0.25, 0.3) is 0 Å². The summed E-state index contributed by atoms with van der Waals surface area (Å²) >= 11 is 0. The summed E-state index contributed by atoms with van der Waals surface area (Å²) in [5.41, 5.74) is 2.54. The third-order valence-corrected chi connectivity index (χ3v) is 3.87. The fraction of sp³-hybridized carbons (Fsp3) is 0.667. The molecule has 2 atom stereocenters. The molecule has 1 heterocycles. The van der Waals surface area contributed by atoms with Crippen LogP contribution in [0, 0.1) is 12.3 Å². The molecule has 1 saturated carbocycles. The van der Waals surface area contributed by atoms with Gasteiger partial charge in [0.2, 0.25) is 0 Å². The highest BCUT2D eigenvalue weighted by Crippen LogP contribution is 2.52. The summed E-state index contributed by atoms with van der Waals surface area (Å²) < 4.78 is 0. The van der Waals surface area contributed by atoms with E-state index in [1.807, 2.05) is 14.0 Å². The Kier molecular flexibility index (Phi) is 2.51. The van der Waals surface area contributed by atoms with Crippen molar-refractivity contribution in [3.05, 3.63) is 23.8 Å². The molecule has 0 aliphatic heterocycles. The summed E-state index contributed by atoms with van der Waals surface area (Å²) in [6, 6.07) is 0.601. The lowest BCUT2D eigenvalue weighted by molar-refractivity contribution is 0.0717. The number of hydrogen-bond acceptors (Lipinski definition) is 3. The zero-order valence-electron chi connectivity index (χ0n) is 9.91. The molecule has 1 aromatic heterocycles. The molecule has 3 heteroatoms. The summed E-state index contributed by atoms with van der Waals surface area (Å²) in [7, 11) is 2.03. The van der Waals surface area contributed by atoms with Gasteiger partial charge in [0.05, 0.1) is 11.4 Å². The van der Waals surface area contributed by atoms with Crippen molar-refractivity contribution in [3.63, 3.8) is 0 Å². The van der Waals surface area contributed by atoms with Gasteiger partial charge in [-0.15, -0.1) is 0 Å². The number of hydrogen-bond donors (Lipinski definition) is 1. The molecule has 1 fully saturated rings. The zero-order chi connectivity index (χ0) is 11.1. The van der Waals surface area contributed by atoms with Gasteiger partial charge in [-0.25, -0.2) is 0 Å². The van der Waals surface area contributed by atoms with E-state index in [4.69, 9.17) is 0 Å². The standard InChI is InChI=1S/C12H19N3/c1-8-11(15-6-5-14-8)9-7-10(13-4)12(9,2)3/h5-6,9-10,13H,7H2,1-4H3. The maximum absolute atomic E-state index is 4.47. The highest BCUT2D eigenvalue weighted by atomic mass is 14.9. The molecule has 1 N–H and O–H groups in total. The molecule has 1 aliphatic carbocycles. The van der Waals surface area contributed by atoms with E-state index in [9.17, 15) is 0 Å². The second-order valence-corrected chi connectivity index (χ2v) is 4.98. The molecular formula is C12H19N3. The SMILES string of the molecule is CNC1CC(c2nccnc2C)C1(C)C. The smallest absolute Gasteiger partial charge is 0.0653 e. The largest absolute Gasteiger partial charge is 0.316 e. The molecule has 0 aromatic carbocycles. The molecule has 2 rings (SSSR count). The Morgan fingerprint density at radius 3 is 2.53 bits per heavy atom. The zero-order valence-corrected chi connectivity index (χ0v) is 9.91. The Hall–Kier alpha value is -0.960. The minimum absolute atomic E-state index is 0.287. The number of nitrogens with one attached hydrogen (secondary N) is 1. The molecular weight excluding hydrogens is 186 g/mol. The highest BCUT2D eigenvalue weighted by Gasteiger charge is 2.49. The predicted molar refractivity (Wildman–Crippen MR) is 60.8 cm³/mol. The Balaban J connectivity index is 2.25. The maximum Gasteiger partial charge on any atom is 0.0653 e. The average molecular weight is 205 g/mol. The van der Waals surface area contributed by atoms with Gasteiger partial charge in [-0.2, -0.15) is 0 Å². The van der Waals surface area contributed by atoms with Gasteiger partial charge < -0.3 is 5.32 Å². The van der Waals surface area contributed by atoms with Crippen molar-refractivity contribution in [2.45, 2.75) is 39.2 Å². The Morgan fingerprint density at radius 1 is 1.33 bits per heavy atom. The quantitative estimate of drug-likeness (QED) is 0.801. The molecule has 0 amide bonds. The van der Waals surface area contributed by atoms with E-state index in [1.165, 1.54) is 12.1 Å². The molecule has 0 saturated heterocycles. The molecule has 1 aliphatic rings. The first-order valence-electron chi connectivity index (χ1n) is 5.52. The van der Waals surface area contributed by atoms with E-state index in [1.54, 1.807) is 12.4 Å². The lowest BCUT2D eigenvalue weighted by atomic mass is 9.57. The van der Waals surface area contributed by atoms with Crippen molar-refractivity contribution < 1.29 is 0 Å². The monoisotopic (exact) mass is 205 g/mol. The van der Waals surface area contributed by atoms with Crippen LogP contribution in [0.4, 0.5) is 0 Å². The van der Waals surface area contributed by atoms with E-state index >= 15 is 0 Å². The van der Waals surface area contributed by atoms with Crippen molar-refractivity contribution >= 4 is 0 Å². The summed E-state index contributed by atoms with van der Waals surface area (Å²) in [4.78, 5) is 8.79. The van der Waals surface area contributed by atoms with Crippen LogP contribution in [0.5, 0.6) is 0 Å². The van der Waals surface area contributed by atoms with Crippen molar-refractivity contribution in [1.82, 2.24) is 15.3 Å². The van der Waals surface area contributed by atoms with Crippen molar-refractivity contribution in [3.8, 4) is 0 Å². The molecule has 0 spiro atoms. The third kappa shape index (κ3) is 1.55. The molecule has 0 radical (unpaired) electrons. The number of aromatic nitrogens is 2. The first-order valence-corrected chi connectivity index (χ1v) is 5.52. The van der Waals surface area contributed by atoms with Crippen LogP contribution < -0.4 is 5.32 Å². The van der Waals surface area contributed by atoms with Crippen LogP contribution in [-0.4, -0.2) is 23.1 Å². The summed E-state index contributed by atoms with van der Waals surface area (Å²) in [6.45, 7) is 6.65. The van der Waals surface area contributed by atoms with Gasteiger partial charge in [0.1, 0.15) is 0 Å². The van der Waals surface area contributed by atoms with Gasteiger partial charge in [-0.05, 0) is 25.8 Å². The van der Waals surface area contributed by atoms with Gasteiger partial charge in [0.15, 0.2) is 0 Å². The lowest BCUT2D eigenvalue weighted by Gasteiger charge is -2.52. The van der Waals surface area contributed by atoms with Gasteiger partial charge in [0, 0.05) is 24.4 Å². The van der Waals surface area contributed by atoms with Gasteiger partial charge in [-0.1, -0.05) is 13.8 Å². The second-order valence-electron chi connectivity index (χ2n) is 4.98. The fourth-order valence-electron chi connectivity index (χ4n) is 2.64. The highest BCUT2D eigenvalue weighted by molar-refractivity contribution is 5.23.